The highest BCUT2D eigenvalue weighted by molar-refractivity contribution is 7.99. The second-order valence-electron chi connectivity index (χ2n) is 6.34. The van der Waals surface area contributed by atoms with Gasteiger partial charge in [-0.05, 0) is 29.8 Å². The predicted molar refractivity (Wildman–Crippen MR) is 109 cm³/mol. The van der Waals surface area contributed by atoms with Crippen molar-refractivity contribution in [2.24, 2.45) is 0 Å². The third-order valence-corrected chi connectivity index (χ3v) is 5.89. The molecule has 2 atom stereocenters. The number of benzene rings is 2. The van der Waals surface area contributed by atoms with Crippen molar-refractivity contribution in [2.45, 2.75) is 11.4 Å². The lowest BCUT2D eigenvalue weighted by molar-refractivity contribution is -0.125. The minimum atomic E-state index is -0.540. The first-order valence-corrected chi connectivity index (χ1v) is 10.1. The van der Waals surface area contributed by atoms with Crippen LogP contribution >= 0.6 is 11.8 Å². The molecular formula is C21H24N2O4S. The number of carbonyl (C=O) groups is 2. The van der Waals surface area contributed by atoms with Gasteiger partial charge in [-0.2, -0.15) is 0 Å². The van der Waals surface area contributed by atoms with Crippen molar-refractivity contribution in [3.8, 4) is 5.75 Å². The molecule has 0 unspecified atom stereocenters. The van der Waals surface area contributed by atoms with Crippen LogP contribution in [0.5, 0.6) is 5.75 Å². The summed E-state index contributed by atoms with van der Waals surface area (Å²) in [5.74, 6) is 0.888. The monoisotopic (exact) mass is 400 g/mol. The van der Waals surface area contributed by atoms with Crippen LogP contribution in [0.25, 0.3) is 0 Å². The molecule has 6 nitrogen and oxygen atoms in total. The van der Waals surface area contributed by atoms with Gasteiger partial charge in [-0.25, -0.2) is 0 Å². The van der Waals surface area contributed by atoms with Crippen LogP contribution in [0.2, 0.25) is 0 Å². The summed E-state index contributed by atoms with van der Waals surface area (Å²) in [5.41, 5.74) is 1.53. The molecule has 1 heterocycles. The van der Waals surface area contributed by atoms with Gasteiger partial charge in [-0.3, -0.25) is 9.59 Å². The van der Waals surface area contributed by atoms with E-state index in [9.17, 15) is 9.59 Å². The number of carbonyl (C=O) groups excluding carboxylic acids is 2. The maximum absolute atomic E-state index is 13.3. The van der Waals surface area contributed by atoms with Crippen LogP contribution in [0, 0.1) is 0 Å². The van der Waals surface area contributed by atoms with Gasteiger partial charge in [-0.1, -0.05) is 30.3 Å². The normalized spacial score (nSPS) is 18.7. The summed E-state index contributed by atoms with van der Waals surface area (Å²) in [4.78, 5) is 27.8. The molecule has 1 aliphatic heterocycles. The maximum Gasteiger partial charge on any atom is 0.255 e. The van der Waals surface area contributed by atoms with E-state index in [-0.39, 0.29) is 17.2 Å². The molecule has 0 bridgehead atoms. The van der Waals surface area contributed by atoms with Gasteiger partial charge in [0.15, 0.2) is 0 Å². The molecule has 1 saturated heterocycles. The fraction of sp³-hybridized carbons (Fsp3) is 0.333. The fourth-order valence-corrected chi connectivity index (χ4v) is 4.54. The first-order valence-electron chi connectivity index (χ1n) is 9.05. The standard InChI is InChI=1S/C21H24N2O4S/c1-26-13-12-22-19(24)18-14-28-21(16-6-4-3-5-7-16)23(18)20(25)15-8-10-17(27-2)11-9-15/h3-11,18,21H,12-14H2,1-2H3,(H,22,24)/t18-,21-/m1/s1. The number of nitrogens with zero attached hydrogens (tertiary/aromatic N) is 1. The quantitative estimate of drug-likeness (QED) is 0.724. The Hall–Kier alpha value is -2.51. The summed E-state index contributed by atoms with van der Waals surface area (Å²) in [7, 11) is 3.17. The van der Waals surface area contributed by atoms with Gasteiger partial charge in [-0.15, -0.1) is 11.8 Å². The molecule has 0 aliphatic carbocycles. The van der Waals surface area contributed by atoms with Gasteiger partial charge < -0.3 is 19.7 Å². The van der Waals surface area contributed by atoms with Crippen molar-refractivity contribution in [1.29, 1.82) is 0 Å². The third-order valence-electron chi connectivity index (χ3n) is 4.56. The van der Waals surface area contributed by atoms with Crippen LogP contribution in [0.1, 0.15) is 21.3 Å². The van der Waals surface area contributed by atoms with Gasteiger partial charge in [0.1, 0.15) is 17.2 Å². The molecule has 0 spiro atoms. The van der Waals surface area contributed by atoms with Crippen LogP contribution in [0.3, 0.4) is 0 Å². The number of nitrogens with one attached hydrogen (secondary N) is 1. The molecular weight excluding hydrogens is 376 g/mol. The second kappa shape index (κ2) is 9.61. The first kappa shape index (κ1) is 20.2. The van der Waals surface area contributed by atoms with Crippen molar-refractivity contribution in [3.63, 3.8) is 0 Å². The lowest BCUT2D eigenvalue weighted by atomic mass is 10.1. The van der Waals surface area contributed by atoms with Gasteiger partial charge in [0.05, 0.1) is 13.7 Å². The van der Waals surface area contributed by atoms with E-state index in [4.69, 9.17) is 9.47 Å². The largest absolute Gasteiger partial charge is 0.497 e. The Kier molecular flexibility index (Phi) is 6.95. The van der Waals surface area contributed by atoms with E-state index in [0.29, 0.717) is 30.2 Å². The smallest absolute Gasteiger partial charge is 0.255 e. The second-order valence-corrected chi connectivity index (χ2v) is 7.45. The zero-order chi connectivity index (χ0) is 19.9. The first-order chi connectivity index (χ1) is 13.7. The lowest BCUT2D eigenvalue weighted by Gasteiger charge is -2.29. The Balaban J connectivity index is 1.87. The molecule has 0 radical (unpaired) electrons. The molecule has 2 aromatic carbocycles. The highest BCUT2D eigenvalue weighted by atomic mass is 32.2. The summed E-state index contributed by atoms with van der Waals surface area (Å²) in [6.45, 7) is 0.844. The van der Waals surface area contributed by atoms with Gasteiger partial charge in [0, 0.05) is 25.0 Å². The number of thioether (sulfide) groups is 1. The van der Waals surface area contributed by atoms with Crippen LogP contribution in [0.4, 0.5) is 0 Å². The highest BCUT2D eigenvalue weighted by Crippen LogP contribution is 2.42. The lowest BCUT2D eigenvalue weighted by Crippen LogP contribution is -2.48. The molecule has 0 saturated carbocycles. The zero-order valence-corrected chi connectivity index (χ0v) is 16.8. The molecule has 148 valence electrons. The van der Waals surface area contributed by atoms with Crippen molar-refractivity contribution in [3.05, 3.63) is 65.7 Å². The topological polar surface area (TPSA) is 67.9 Å². The van der Waals surface area contributed by atoms with E-state index in [0.717, 1.165) is 5.56 Å². The Morgan fingerprint density at radius 3 is 2.46 bits per heavy atom. The van der Waals surface area contributed by atoms with E-state index in [1.165, 1.54) is 0 Å². The summed E-state index contributed by atoms with van der Waals surface area (Å²) >= 11 is 1.60. The number of ether oxygens (including phenoxy) is 2. The van der Waals surface area contributed by atoms with Crippen molar-refractivity contribution in [1.82, 2.24) is 10.2 Å². The Bertz CT molecular complexity index is 798. The molecule has 3 rings (SSSR count). The molecule has 1 N–H and O–H groups in total. The maximum atomic E-state index is 13.3. The number of hydrogen-bond acceptors (Lipinski definition) is 5. The Morgan fingerprint density at radius 2 is 1.82 bits per heavy atom. The van der Waals surface area contributed by atoms with Crippen molar-refractivity contribution < 1.29 is 19.1 Å². The molecule has 1 aliphatic rings. The molecule has 0 aromatic heterocycles. The molecule has 2 aromatic rings. The van der Waals surface area contributed by atoms with Gasteiger partial charge >= 0.3 is 0 Å². The summed E-state index contributed by atoms with van der Waals surface area (Å²) in [6.07, 6.45) is 0. The van der Waals surface area contributed by atoms with Crippen LogP contribution in [-0.2, 0) is 9.53 Å². The summed E-state index contributed by atoms with van der Waals surface area (Å²) < 4.78 is 10.2. The molecule has 7 heteroatoms. The number of methoxy groups -OCH3 is 2. The highest BCUT2D eigenvalue weighted by Gasteiger charge is 2.42. The zero-order valence-electron chi connectivity index (χ0n) is 16.0. The van der Waals surface area contributed by atoms with Crippen LogP contribution in [-0.4, -0.2) is 55.9 Å². The summed E-state index contributed by atoms with van der Waals surface area (Å²) in [5, 5.41) is 2.65. The van der Waals surface area contributed by atoms with E-state index in [1.54, 1.807) is 55.1 Å². The fourth-order valence-electron chi connectivity index (χ4n) is 3.11. The Labute approximate surface area is 169 Å². The summed E-state index contributed by atoms with van der Waals surface area (Å²) in [6, 6.07) is 16.2. The van der Waals surface area contributed by atoms with E-state index in [2.05, 4.69) is 5.32 Å². The molecule has 28 heavy (non-hydrogen) atoms. The molecule has 2 amide bonds. The number of rotatable bonds is 7. The molecule has 1 fully saturated rings. The predicted octanol–water partition coefficient (Wildman–Crippen LogP) is 2.71. The van der Waals surface area contributed by atoms with Crippen LogP contribution in [0.15, 0.2) is 54.6 Å². The SMILES string of the molecule is COCCNC(=O)[C@H]1CS[C@H](c2ccccc2)N1C(=O)c1ccc(OC)cc1. The van der Waals surface area contributed by atoms with Crippen molar-refractivity contribution in [2.75, 3.05) is 33.1 Å². The van der Waals surface area contributed by atoms with Gasteiger partial charge in [0.2, 0.25) is 5.91 Å². The van der Waals surface area contributed by atoms with Crippen molar-refractivity contribution >= 4 is 23.6 Å². The number of hydrogen-bond donors (Lipinski definition) is 1. The van der Waals surface area contributed by atoms with E-state index in [1.807, 2.05) is 30.3 Å². The minimum absolute atomic E-state index is 0.162. The van der Waals surface area contributed by atoms with Crippen LogP contribution < -0.4 is 10.1 Å². The minimum Gasteiger partial charge on any atom is -0.497 e. The third kappa shape index (κ3) is 4.48. The van der Waals surface area contributed by atoms with E-state index < -0.39 is 6.04 Å². The number of amides is 2. The average Bonchev–Trinajstić information content (AvgIpc) is 3.19. The van der Waals surface area contributed by atoms with Gasteiger partial charge in [0.25, 0.3) is 5.91 Å². The Morgan fingerprint density at radius 1 is 1.11 bits per heavy atom. The van der Waals surface area contributed by atoms with E-state index >= 15 is 0 Å². The average molecular weight is 401 g/mol.